The monoisotopic (exact) mass is 722 g/mol. The second kappa shape index (κ2) is 14.3. The number of para-hydroxylation sites is 4. The van der Waals surface area contributed by atoms with E-state index in [1.807, 2.05) is 36.4 Å². The van der Waals surface area contributed by atoms with Crippen molar-refractivity contribution in [2.75, 3.05) is 9.80 Å². The lowest BCUT2D eigenvalue weighted by Gasteiger charge is -2.25. The van der Waals surface area contributed by atoms with Gasteiger partial charge in [-0.3, -0.25) is 0 Å². The molecule has 56 heavy (non-hydrogen) atoms. The zero-order chi connectivity index (χ0) is 37.3. The molecular weight excluding hydrogens is 689 g/mol. The molecule has 6 heteroatoms. The van der Waals surface area contributed by atoms with Crippen LogP contribution >= 0.6 is 0 Å². The first-order valence-electron chi connectivity index (χ1n) is 18.6. The van der Waals surface area contributed by atoms with E-state index < -0.39 is 0 Å². The summed E-state index contributed by atoms with van der Waals surface area (Å²) in [7, 11) is 0. The van der Waals surface area contributed by atoms with E-state index in [0.29, 0.717) is 11.8 Å². The first-order chi connectivity index (χ1) is 27.7. The molecule has 8 aromatic carbocycles. The molecule has 0 aliphatic carbocycles. The molecular formula is C50H34N4O2. The number of fused-ring (bicyclic) bond motifs is 2. The Bertz CT molecular complexity index is 2610. The van der Waals surface area contributed by atoms with Crippen molar-refractivity contribution < 1.29 is 8.83 Å². The summed E-state index contributed by atoms with van der Waals surface area (Å²) in [6.07, 6.45) is 0. The average molecular weight is 723 g/mol. The number of hydrogen-bond acceptors (Lipinski definition) is 6. The Labute approximate surface area is 324 Å². The van der Waals surface area contributed by atoms with Gasteiger partial charge in [-0.2, -0.15) is 0 Å². The summed E-state index contributed by atoms with van der Waals surface area (Å²) < 4.78 is 12.5. The van der Waals surface area contributed by atoms with Gasteiger partial charge in [0.25, 0.3) is 0 Å². The molecule has 0 fully saturated rings. The Balaban J connectivity index is 0.905. The van der Waals surface area contributed by atoms with Crippen molar-refractivity contribution >= 4 is 56.3 Å². The minimum atomic E-state index is 0.577. The highest BCUT2D eigenvalue weighted by Gasteiger charge is 2.17. The van der Waals surface area contributed by atoms with Crippen LogP contribution in [0.3, 0.4) is 0 Å². The third-order valence-corrected chi connectivity index (χ3v) is 9.91. The van der Waals surface area contributed by atoms with Crippen molar-refractivity contribution in [3.05, 3.63) is 206 Å². The zero-order valence-electron chi connectivity index (χ0n) is 30.2. The van der Waals surface area contributed by atoms with E-state index in [0.717, 1.165) is 78.6 Å². The lowest BCUT2D eigenvalue weighted by molar-refractivity contribution is 0.619. The minimum Gasteiger partial charge on any atom is -0.436 e. The Hall–Kier alpha value is -7.70. The molecule has 0 saturated carbocycles. The predicted octanol–water partition coefficient (Wildman–Crippen LogP) is 13.9. The van der Waals surface area contributed by atoms with Crippen LogP contribution in [0.25, 0.3) is 56.2 Å². The number of rotatable bonds is 9. The van der Waals surface area contributed by atoms with E-state index in [1.54, 1.807) is 0 Å². The summed E-state index contributed by atoms with van der Waals surface area (Å²) in [5.41, 5.74) is 13.3. The molecule has 0 aliphatic heterocycles. The Morgan fingerprint density at radius 1 is 0.286 bits per heavy atom. The van der Waals surface area contributed by atoms with Crippen LogP contribution in [0.5, 0.6) is 0 Å². The van der Waals surface area contributed by atoms with Gasteiger partial charge in [0, 0.05) is 45.3 Å². The standard InChI is InChI=1S/C50H34N4O2/c1-5-13-39(14-6-1)53(40-15-7-2-8-16-40)43-27-21-35(22-28-43)49-51-45-33-37(25-31-47(45)55-49)38-26-32-48-46(34-38)52-50(56-48)36-23-29-44(30-24-36)54(41-17-9-3-10-18-41)42-19-11-4-12-20-42/h1-34H. The van der Waals surface area contributed by atoms with Crippen LogP contribution < -0.4 is 9.80 Å². The third kappa shape index (κ3) is 6.35. The SMILES string of the molecule is c1ccc(N(c2ccccc2)c2ccc(-c3nc4cc(-c5ccc6oc(-c7ccc(N(c8ccccc8)c8ccccc8)cc7)nc6c5)ccc4o3)cc2)cc1. The van der Waals surface area contributed by atoms with Crippen LogP contribution in [0.15, 0.2) is 215 Å². The van der Waals surface area contributed by atoms with E-state index in [2.05, 4.69) is 180 Å². The molecule has 0 bridgehead atoms. The summed E-state index contributed by atoms with van der Waals surface area (Å²) in [6, 6.07) is 70.4. The van der Waals surface area contributed by atoms with Crippen LogP contribution in [0, 0.1) is 0 Å². The fourth-order valence-corrected chi connectivity index (χ4v) is 7.17. The smallest absolute Gasteiger partial charge is 0.227 e. The highest BCUT2D eigenvalue weighted by molar-refractivity contribution is 5.87. The molecule has 0 N–H and O–H groups in total. The molecule has 266 valence electrons. The Kier molecular flexibility index (Phi) is 8.39. The van der Waals surface area contributed by atoms with E-state index >= 15 is 0 Å². The van der Waals surface area contributed by atoms with Gasteiger partial charge < -0.3 is 18.6 Å². The molecule has 2 aromatic heterocycles. The van der Waals surface area contributed by atoms with Crippen molar-refractivity contribution in [3.63, 3.8) is 0 Å². The van der Waals surface area contributed by atoms with Crippen molar-refractivity contribution in [2.24, 2.45) is 0 Å². The molecule has 0 spiro atoms. The lowest BCUT2D eigenvalue weighted by Crippen LogP contribution is -2.09. The summed E-state index contributed by atoms with van der Waals surface area (Å²) in [4.78, 5) is 14.3. The van der Waals surface area contributed by atoms with Crippen LogP contribution in [-0.4, -0.2) is 9.97 Å². The first kappa shape index (κ1) is 32.9. The van der Waals surface area contributed by atoms with Crippen LogP contribution in [-0.2, 0) is 0 Å². The van der Waals surface area contributed by atoms with Gasteiger partial charge in [-0.1, -0.05) is 84.9 Å². The maximum Gasteiger partial charge on any atom is 0.227 e. The molecule has 0 radical (unpaired) electrons. The highest BCUT2D eigenvalue weighted by Crippen LogP contribution is 2.38. The highest BCUT2D eigenvalue weighted by atomic mass is 16.4. The largest absolute Gasteiger partial charge is 0.436 e. The van der Waals surface area contributed by atoms with Gasteiger partial charge in [0.2, 0.25) is 11.8 Å². The maximum atomic E-state index is 6.26. The summed E-state index contributed by atoms with van der Waals surface area (Å²) >= 11 is 0. The number of nitrogens with zero attached hydrogens (tertiary/aromatic N) is 4. The average Bonchev–Trinajstić information content (AvgIpc) is 3.90. The van der Waals surface area contributed by atoms with Crippen molar-refractivity contribution in [1.29, 1.82) is 0 Å². The molecule has 10 aromatic rings. The zero-order valence-corrected chi connectivity index (χ0v) is 30.2. The number of anilines is 6. The second-order valence-electron chi connectivity index (χ2n) is 13.5. The van der Waals surface area contributed by atoms with Crippen molar-refractivity contribution in [1.82, 2.24) is 9.97 Å². The van der Waals surface area contributed by atoms with E-state index in [9.17, 15) is 0 Å². The minimum absolute atomic E-state index is 0.577. The first-order valence-corrected chi connectivity index (χ1v) is 18.6. The second-order valence-corrected chi connectivity index (χ2v) is 13.5. The third-order valence-electron chi connectivity index (χ3n) is 9.91. The van der Waals surface area contributed by atoms with Gasteiger partial charge in [-0.05, 0) is 132 Å². The normalized spacial score (nSPS) is 11.2. The maximum absolute atomic E-state index is 6.26. The number of oxazole rings is 2. The lowest BCUT2D eigenvalue weighted by atomic mass is 10.0. The Morgan fingerprint density at radius 3 is 0.893 bits per heavy atom. The molecule has 0 amide bonds. The number of aromatic nitrogens is 2. The molecule has 0 atom stereocenters. The van der Waals surface area contributed by atoms with Crippen LogP contribution in [0.2, 0.25) is 0 Å². The number of benzene rings is 8. The fourth-order valence-electron chi connectivity index (χ4n) is 7.17. The van der Waals surface area contributed by atoms with Crippen molar-refractivity contribution in [2.45, 2.75) is 0 Å². The molecule has 0 aliphatic rings. The van der Waals surface area contributed by atoms with Gasteiger partial charge in [0.1, 0.15) is 11.0 Å². The quantitative estimate of drug-likeness (QED) is 0.148. The summed E-state index contributed by atoms with van der Waals surface area (Å²) in [5.74, 6) is 1.15. The van der Waals surface area contributed by atoms with Crippen LogP contribution in [0.1, 0.15) is 0 Å². The fraction of sp³-hybridized carbons (Fsp3) is 0. The van der Waals surface area contributed by atoms with E-state index in [1.165, 1.54) is 0 Å². The van der Waals surface area contributed by atoms with Gasteiger partial charge in [-0.15, -0.1) is 0 Å². The molecule has 6 nitrogen and oxygen atoms in total. The molecule has 0 saturated heterocycles. The molecule has 10 rings (SSSR count). The summed E-state index contributed by atoms with van der Waals surface area (Å²) in [5, 5.41) is 0. The van der Waals surface area contributed by atoms with Crippen molar-refractivity contribution in [3.8, 4) is 34.0 Å². The predicted molar refractivity (Wildman–Crippen MR) is 227 cm³/mol. The van der Waals surface area contributed by atoms with Gasteiger partial charge >= 0.3 is 0 Å². The van der Waals surface area contributed by atoms with E-state index in [-0.39, 0.29) is 0 Å². The molecule has 2 heterocycles. The van der Waals surface area contributed by atoms with E-state index in [4.69, 9.17) is 18.8 Å². The topological polar surface area (TPSA) is 58.5 Å². The van der Waals surface area contributed by atoms with Gasteiger partial charge in [-0.25, -0.2) is 9.97 Å². The van der Waals surface area contributed by atoms with Gasteiger partial charge in [0.15, 0.2) is 11.2 Å². The number of hydrogen-bond donors (Lipinski definition) is 0. The Morgan fingerprint density at radius 2 is 0.571 bits per heavy atom. The molecule has 0 unspecified atom stereocenters. The van der Waals surface area contributed by atoms with Crippen LogP contribution in [0.4, 0.5) is 34.1 Å². The van der Waals surface area contributed by atoms with Gasteiger partial charge in [0.05, 0.1) is 0 Å². The summed E-state index contributed by atoms with van der Waals surface area (Å²) in [6.45, 7) is 0.